The van der Waals surface area contributed by atoms with Gasteiger partial charge in [0.2, 0.25) is 5.95 Å². The van der Waals surface area contributed by atoms with Crippen molar-refractivity contribution in [1.82, 2.24) is 14.9 Å². The predicted octanol–water partition coefficient (Wildman–Crippen LogP) is 3.09. The first kappa shape index (κ1) is 15.8. The highest BCUT2D eigenvalue weighted by molar-refractivity contribution is 5.66. The van der Waals surface area contributed by atoms with Crippen LogP contribution in [0.3, 0.4) is 0 Å². The lowest BCUT2D eigenvalue weighted by Gasteiger charge is -2.13. The third-order valence-corrected chi connectivity index (χ3v) is 4.24. The SMILES string of the molecule is Cc1nc(NCC2CCN(C)C2)ncc1-c1ccc(F)cc1F. The number of aromatic nitrogens is 2. The molecule has 2 heterocycles. The van der Waals surface area contributed by atoms with Crippen molar-refractivity contribution in [3.8, 4) is 11.1 Å². The average Bonchev–Trinajstić information content (AvgIpc) is 2.92. The molecule has 1 fully saturated rings. The molecule has 1 aliphatic rings. The van der Waals surface area contributed by atoms with Gasteiger partial charge in [-0.1, -0.05) is 0 Å². The summed E-state index contributed by atoms with van der Waals surface area (Å²) >= 11 is 0. The van der Waals surface area contributed by atoms with Crippen molar-refractivity contribution in [2.24, 2.45) is 5.92 Å². The van der Waals surface area contributed by atoms with Crippen LogP contribution in [0.15, 0.2) is 24.4 Å². The Kier molecular flexibility index (Phi) is 4.52. The van der Waals surface area contributed by atoms with Crippen LogP contribution in [0, 0.1) is 24.5 Å². The highest BCUT2D eigenvalue weighted by atomic mass is 19.1. The molecule has 0 spiro atoms. The molecule has 1 N–H and O–H groups in total. The fraction of sp³-hybridized carbons (Fsp3) is 0.412. The van der Waals surface area contributed by atoms with E-state index >= 15 is 0 Å². The lowest BCUT2D eigenvalue weighted by molar-refractivity contribution is 0.399. The van der Waals surface area contributed by atoms with Gasteiger partial charge in [0, 0.05) is 36.5 Å². The summed E-state index contributed by atoms with van der Waals surface area (Å²) in [5, 5.41) is 3.25. The lowest BCUT2D eigenvalue weighted by atomic mass is 10.1. The van der Waals surface area contributed by atoms with E-state index in [1.165, 1.54) is 18.6 Å². The standard InChI is InChI=1S/C17H20F2N4/c1-11-15(14-4-3-13(18)7-16(14)19)9-21-17(22-11)20-8-12-5-6-23(2)10-12/h3-4,7,9,12H,5-6,8,10H2,1-2H3,(H,20,21,22). The maximum absolute atomic E-state index is 13.9. The van der Waals surface area contributed by atoms with Gasteiger partial charge in [0.05, 0.1) is 5.69 Å². The highest BCUT2D eigenvalue weighted by Gasteiger charge is 2.19. The maximum atomic E-state index is 13.9. The Morgan fingerprint density at radius 1 is 1.30 bits per heavy atom. The Labute approximate surface area is 134 Å². The number of halogens is 2. The summed E-state index contributed by atoms with van der Waals surface area (Å²) < 4.78 is 26.9. The summed E-state index contributed by atoms with van der Waals surface area (Å²) in [7, 11) is 2.12. The highest BCUT2D eigenvalue weighted by Crippen LogP contribution is 2.25. The molecule has 0 radical (unpaired) electrons. The zero-order valence-electron chi connectivity index (χ0n) is 13.3. The number of hydrogen-bond donors (Lipinski definition) is 1. The number of anilines is 1. The zero-order valence-corrected chi connectivity index (χ0v) is 13.3. The van der Waals surface area contributed by atoms with Gasteiger partial charge in [-0.05, 0) is 45.0 Å². The topological polar surface area (TPSA) is 41.1 Å². The van der Waals surface area contributed by atoms with Gasteiger partial charge in [0.1, 0.15) is 11.6 Å². The van der Waals surface area contributed by atoms with E-state index in [2.05, 4.69) is 27.2 Å². The summed E-state index contributed by atoms with van der Waals surface area (Å²) in [5.41, 5.74) is 1.55. The van der Waals surface area contributed by atoms with E-state index in [-0.39, 0.29) is 0 Å². The van der Waals surface area contributed by atoms with Gasteiger partial charge >= 0.3 is 0 Å². The van der Waals surface area contributed by atoms with Gasteiger partial charge in [-0.3, -0.25) is 0 Å². The molecule has 0 saturated carbocycles. The molecular formula is C17H20F2N4. The van der Waals surface area contributed by atoms with Crippen LogP contribution < -0.4 is 5.32 Å². The van der Waals surface area contributed by atoms with Crippen molar-refractivity contribution in [2.45, 2.75) is 13.3 Å². The molecule has 1 saturated heterocycles. The Hall–Kier alpha value is -2.08. The van der Waals surface area contributed by atoms with Crippen molar-refractivity contribution in [3.05, 3.63) is 41.7 Å². The smallest absolute Gasteiger partial charge is 0.222 e. The summed E-state index contributed by atoms with van der Waals surface area (Å²) in [4.78, 5) is 11.0. The molecule has 1 atom stereocenters. The van der Waals surface area contributed by atoms with Crippen LogP contribution in [0.2, 0.25) is 0 Å². The lowest BCUT2D eigenvalue weighted by Crippen LogP contribution is -2.20. The Balaban J connectivity index is 1.73. The number of nitrogens with zero attached hydrogens (tertiary/aromatic N) is 3. The maximum Gasteiger partial charge on any atom is 0.222 e. The second-order valence-electron chi connectivity index (χ2n) is 6.11. The van der Waals surface area contributed by atoms with E-state index in [0.29, 0.717) is 28.7 Å². The van der Waals surface area contributed by atoms with Gasteiger partial charge in [-0.15, -0.1) is 0 Å². The summed E-state index contributed by atoms with van der Waals surface area (Å²) in [6.45, 7) is 4.82. The van der Waals surface area contributed by atoms with Crippen molar-refractivity contribution in [3.63, 3.8) is 0 Å². The molecule has 3 rings (SSSR count). The van der Waals surface area contributed by atoms with Crippen LogP contribution >= 0.6 is 0 Å². The summed E-state index contributed by atoms with van der Waals surface area (Å²) in [6.07, 6.45) is 2.75. The molecule has 1 aromatic carbocycles. The molecule has 0 amide bonds. The quantitative estimate of drug-likeness (QED) is 0.940. The molecule has 0 aliphatic carbocycles. The number of benzene rings is 1. The van der Waals surface area contributed by atoms with Gasteiger partial charge < -0.3 is 10.2 Å². The molecule has 1 unspecified atom stereocenters. The zero-order chi connectivity index (χ0) is 16.4. The van der Waals surface area contributed by atoms with Crippen molar-refractivity contribution >= 4 is 5.95 Å². The van der Waals surface area contributed by atoms with Crippen LogP contribution in [0.5, 0.6) is 0 Å². The van der Waals surface area contributed by atoms with E-state index in [1.807, 2.05) is 0 Å². The van der Waals surface area contributed by atoms with E-state index in [0.717, 1.165) is 25.7 Å². The monoisotopic (exact) mass is 318 g/mol. The first-order valence-electron chi connectivity index (χ1n) is 7.74. The Morgan fingerprint density at radius 2 is 2.13 bits per heavy atom. The Bertz CT molecular complexity index is 705. The van der Waals surface area contributed by atoms with Gasteiger partial charge in [0.25, 0.3) is 0 Å². The minimum atomic E-state index is -0.605. The van der Waals surface area contributed by atoms with Gasteiger partial charge in [-0.25, -0.2) is 18.7 Å². The minimum absolute atomic E-state index is 0.313. The first-order valence-corrected chi connectivity index (χ1v) is 7.74. The fourth-order valence-electron chi connectivity index (χ4n) is 2.95. The molecule has 1 aromatic heterocycles. The summed E-state index contributed by atoms with van der Waals surface area (Å²) in [6, 6.07) is 3.52. The number of aryl methyl sites for hydroxylation is 1. The van der Waals surface area contributed by atoms with E-state index in [4.69, 9.17) is 0 Å². The number of hydrogen-bond acceptors (Lipinski definition) is 4. The van der Waals surface area contributed by atoms with Crippen LogP contribution in [-0.4, -0.2) is 41.5 Å². The third-order valence-electron chi connectivity index (χ3n) is 4.24. The second kappa shape index (κ2) is 6.58. The van der Waals surface area contributed by atoms with Crippen molar-refractivity contribution in [2.75, 3.05) is 32.0 Å². The third kappa shape index (κ3) is 3.64. The molecule has 0 bridgehead atoms. The van der Waals surface area contributed by atoms with E-state index < -0.39 is 11.6 Å². The van der Waals surface area contributed by atoms with Crippen LogP contribution in [0.25, 0.3) is 11.1 Å². The largest absolute Gasteiger partial charge is 0.354 e. The number of nitrogens with one attached hydrogen (secondary N) is 1. The minimum Gasteiger partial charge on any atom is -0.354 e. The molecule has 6 heteroatoms. The molecule has 1 aliphatic heterocycles. The van der Waals surface area contributed by atoms with Gasteiger partial charge in [0.15, 0.2) is 0 Å². The van der Waals surface area contributed by atoms with E-state index in [1.54, 1.807) is 13.1 Å². The van der Waals surface area contributed by atoms with Gasteiger partial charge in [-0.2, -0.15) is 0 Å². The fourth-order valence-corrected chi connectivity index (χ4v) is 2.95. The number of rotatable bonds is 4. The predicted molar refractivity (Wildman–Crippen MR) is 86.2 cm³/mol. The van der Waals surface area contributed by atoms with E-state index in [9.17, 15) is 8.78 Å². The normalized spacial score (nSPS) is 18.3. The molecule has 2 aromatic rings. The Morgan fingerprint density at radius 3 is 2.78 bits per heavy atom. The molecule has 122 valence electrons. The second-order valence-corrected chi connectivity index (χ2v) is 6.11. The van der Waals surface area contributed by atoms with Crippen LogP contribution in [-0.2, 0) is 0 Å². The number of likely N-dealkylation sites (tertiary alicyclic amines) is 1. The molecular weight excluding hydrogens is 298 g/mol. The molecule has 4 nitrogen and oxygen atoms in total. The first-order chi connectivity index (χ1) is 11.0. The van der Waals surface area contributed by atoms with Crippen molar-refractivity contribution < 1.29 is 8.78 Å². The van der Waals surface area contributed by atoms with Crippen LogP contribution in [0.4, 0.5) is 14.7 Å². The average molecular weight is 318 g/mol. The van der Waals surface area contributed by atoms with Crippen LogP contribution in [0.1, 0.15) is 12.1 Å². The molecule has 23 heavy (non-hydrogen) atoms. The summed E-state index contributed by atoms with van der Waals surface area (Å²) in [5.74, 6) is -0.0579. The van der Waals surface area contributed by atoms with Crippen molar-refractivity contribution in [1.29, 1.82) is 0 Å².